The number of benzene rings is 1. The van der Waals surface area contributed by atoms with E-state index in [4.69, 9.17) is 0 Å². The van der Waals surface area contributed by atoms with E-state index in [1.165, 1.54) is 24.9 Å². The fourth-order valence-corrected chi connectivity index (χ4v) is 3.93. The van der Waals surface area contributed by atoms with Crippen molar-refractivity contribution in [2.24, 2.45) is 0 Å². The Morgan fingerprint density at radius 3 is 2.50 bits per heavy atom. The zero-order chi connectivity index (χ0) is 13.1. The molecule has 0 unspecified atom stereocenters. The van der Waals surface area contributed by atoms with E-state index in [9.17, 15) is 0 Å². The van der Waals surface area contributed by atoms with Crippen molar-refractivity contribution in [1.82, 2.24) is 4.90 Å². The van der Waals surface area contributed by atoms with Gasteiger partial charge in [-0.25, -0.2) is 0 Å². The van der Waals surface area contributed by atoms with E-state index >= 15 is 0 Å². The predicted molar refractivity (Wildman–Crippen MR) is 77.1 cm³/mol. The molecule has 0 amide bonds. The molecule has 0 fully saturated rings. The number of hydrogen-bond donors (Lipinski definition) is 0. The lowest BCUT2D eigenvalue weighted by Gasteiger charge is -2.38. The molecule has 0 N–H and O–H groups in total. The van der Waals surface area contributed by atoms with Crippen LogP contribution in [0, 0.1) is 0 Å². The third-order valence-electron chi connectivity index (χ3n) is 4.78. The summed E-state index contributed by atoms with van der Waals surface area (Å²) in [4.78, 5) is 2.49. The zero-order valence-corrected chi connectivity index (χ0v) is 12.4. The molecule has 18 heavy (non-hydrogen) atoms. The molecule has 0 spiro atoms. The van der Waals surface area contributed by atoms with Crippen molar-refractivity contribution in [1.29, 1.82) is 0 Å². The van der Waals surface area contributed by atoms with Gasteiger partial charge in [0.2, 0.25) is 0 Å². The Bertz CT molecular complexity index is 495. The van der Waals surface area contributed by atoms with Crippen LogP contribution in [0.3, 0.4) is 0 Å². The highest BCUT2D eigenvalue weighted by Crippen LogP contribution is 2.45. The number of nitrogens with zero attached hydrogens (tertiary/aromatic N) is 1. The lowest BCUT2D eigenvalue weighted by Crippen LogP contribution is -2.40. The van der Waals surface area contributed by atoms with Crippen molar-refractivity contribution in [2.75, 3.05) is 13.6 Å². The molecular weight excluding hydrogens is 218 g/mol. The van der Waals surface area contributed by atoms with Gasteiger partial charge in [-0.3, -0.25) is 0 Å². The van der Waals surface area contributed by atoms with E-state index in [1.807, 2.05) is 0 Å². The Kier molecular flexibility index (Phi) is 2.45. The Morgan fingerprint density at radius 1 is 1.17 bits per heavy atom. The van der Waals surface area contributed by atoms with Crippen molar-refractivity contribution >= 4 is 0 Å². The first-order chi connectivity index (χ1) is 8.29. The van der Waals surface area contributed by atoms with E-state index in [1.54, 1.807) is 16.7 Å². The molecule has 1 aliphatic carbocycles. The van der Waals surface area contributed by atoms with Crippen LogP contribution in [-0.4, -0.2) is 18.5 Å². The number of rotatable bonds is 0. The minimum Gasteiger partial charge on any atom is -0.301 e. The molecule has 1 heteroatoms. The van der Waals surface area contributed by atoms with Crippen LogP contribution >= 0.6 is 0 Å². The maximum absolute atomic E-state index is 2.49. The van der Waals surface area contributed by atoms with Gasteiger partial charge in [0, 0.05) is 18.5 Å². The largest absolute Gasteiger partial charge is 0.301 e. The monoisotopic (exact) mass is 243 g/mol. The Morgan fingerprint density at radius 2 is 1.83 bits per heavy atom. The van der Waals surface area contributed by atoms with E-state index in [0.717, 1.165) is 6.54 Å². The summed E-state index contributed by atoms with van der Waals surface area (Å²) in [6.45, 7) is 11.8. The normalized spacial score (nSPS) is 27.4. The fraction of sp³-hybridized carbons (Fsp3) is 0.647. The van der Waals surface area contributed by atoms with Gasteiger partial charge in [0.25, 0.3) is 0 Å². The zero-order valence-electron chi connectivity index (χ0n) is 12.4. The quantitative estimate of drug-likeness (QED) is 0.672. The van der Waals surface area contributed by atoms with Crippen molar-refractivity contribution in [3.63, 3.8) is 0 Å². The maximum Gasteiger partial charge on any atom is 0.0234 e. The smallest absolute Gasteiger partial charge is 0.0234 e. The molecule has 3 rings (SSSR count). The van der Waals surface area contributed by atoms with E-state index < -0.39 is 0 Å². The third kappa shape index (κ3) is 1.72. The number of hydrogen-bond acceptors (Lipinski definition) is 1. The predicted octanol–water partition coefficient (Wildman–Crippen LogP) is 3.63. The molecule has 1 atom stereocenters. The SMILES string of the molecule is CN1Cc2cc(C(C)(C)C)cc3c2[C@@](C)(CC3)C1. The molecule has 1 aliphatic heterocycles. The molecule has 0 radical (unpaired) electrons. The van der Waals surface area contributed by atoms with Gasteiger partial charge in [0.05, 0.1) is 0 Å². The molecule has 0 saturated carbocycles. The molecule has 2 aliphatic rings. The first kappa shape index (κ1) is 12.2. The van der Waals surface area contributed by atoms with Gasteiger partial charge < -0.3 is 4.90 Å². The third-order valence-corrected chi connectivity index (χ3v) is 4.78. The van der Waals surface area contributed by atoms with Crippen LogP contribution in [-0.2, 0) is 23.8 Å². The standard InChI is InChI=1S/C17H25N/c1-16(2,3)14-8-12-6-7-17(4)11-18(5)10-13(9-14)15(12)17/h8-9H,6-7,10-11H2,1-5H3/t17-/m0/s1. The summed E-state index contributed by atoms with van der Waals surface area (Å²) in [6.07, 6.45) is 2.60. The first-order valence-electron chi connectivity index (χ1n) is 7.15. The van der Waals surface area contributed by atoms with Gasteiger partial charge in [-0.05, 0) is 47.6 Å². The summed E-state index contributed by atoms with van der Waals surface area (Å²) in [7, 11) is 2.26. The highest BCUT2D eigenvalue weighted by molar-refractivity contribution is 5.50. The van der Waals surface area contributed by atoms with Crippen LogP contribution in [0.5, 0.6) is 0 Å². The van der Waals surface area contributed by atoms with Gasteiger partial charge >= 0.3 is 0 Å². The highest BCUT2D eigenvalue weighted by atomic mass is 15.1. The maximum atomic E-state index is 2.49. The van der Waals surface area contributed by atoms with Crippen LogP contribution in [0.2, 0.25) is 0 Å². The highest BCUT2D eigenvalue weighted by Gasteiger charge is 2.40. The lowest BCUT2D eigenvalue weighted by atomic mass is 9.76. The topological polar surface area (TPSA) is 3.24 Å². The van der Waals surface area contributed by atoms with Gasteiger partial charge in [0.15, 0.2) is 0 Å². The van der Waals surface area contributed by atoms with Crippen LogP contribution < -0.4 is 0 Å². The second-order valence-corrected chi connectivity index (χ2v) is 7.65. The summed E-state index contributed by atoms with van der Waals surface area (Å²) in [5.74, 6) is 0. The average Bonchev–Trinajstić information content (AvgIpc) is 2.55. The van der Waals surface area contributed by atoms with Crippen LogP contribution in [0.25, 0.3) is 0 Å². The molecule has 1 aromatic rings. The number of likely N-dealkylation sites (N-methyl/N-ethyl adjacent to an activating group) is 1. The summed E-state index contributed by atoms with van der Waals surface area (Å²) in [5, 5.41) is 0. The van der Waals surface area contributed by atoms with Gasteiger partial charge in [-0.15, -0.1) is 0 Å². The van der Waals surface area contributed by atoms with Crippen molar-refractivity contribution in [2.45, 2.75) is 57.9 Å². The van der Waals surface area contributed by atoms with Gasteiger partial charge in [-0.1, -0.05) is 39.8 Å². The second-order valence-electron chi connectivity index (χ2n) is 7.65. The van der Waals surface area contributed by atoms with Crippen LogP contribution in [0.4, 0.5) is 0 Å². The van der Waals surface area contributed by atoms with Crippen molar-refractivity contribution < 1.29 is 0 Å². The molecular formula is C17H25N. The van der Waals surface area contributed by atoms with Crippen LogP contribution in [0.15, 0.2) is 12.1 Å². The minimum absolute atomic E-state index is 0.264. The molecule has 0 aromatic heterocycles. The molecule has 1 aromatic carbocycles. The molecule has 0 saturated heterocycles. The van der Waals surface area contributed by atoms with Crippen molar-refractivity contribution in [3.05, 3.63) is 34.4 Å². The molecule has 1 nitrogen and oxygen atoms in total. The molecule has 0 bridgehead atoms. The summed E-state index contributed by atoms with van der Waals surface area (Å²) in [5.41, 5.74) is 7.10. The fourth-order valence-electron chi connectivity index (χ4n) is 3.93. The summed E-state index contributed by atoms with van der Waals surface area (Å²) >= 11 is 0. The minimum atomic E-state index is 0.264. The number of aryl methyl sites for hydroxylation is 1. The second kappa shape index (κ2) is 3.60. The molecule has 1 heterocycles. The Hall–Kier alpha value is -0.820. The van der Waals surface area contributed by atoms with E-state index in [2.05, 4.69) is 51.8 Å². The Labute approximate surface area is 111 Å². The average molecular weight is 243 g/mol. The molecule has 98 valence electrons. The summed E-state index contributed by atoms with van der Waals surface area (Å²) < 4.78 is 0. The van der Waals surface area contributed by atoms with Crippen molar-refractivity contribution in [3.8, 4) is 0 Å². The summed E-state index contributed by atoms with van der Waals surface area (Å²) in [6, 6.07) is 4.95. The van der Waals surface area contributed by atoms with Gasteiger partial charge in [-0.2, -0.15) is 0 Å². The van der Waals surface area contributed by atoms with E-state index in [0.29, 0.717) is 5.41 Å². The van der Waals surface area contributed by atoms with E-state index in [-0.39, 0.29) is 5.41 Å². The first-order valence-corrected chi connectivity index (χ1v) is 7.15. The lowest BCUT2D eigenvalue weighted by molar-refractivity contribution is 0.224. The van der Waals surface area contributed by atoms with Gasteiger partial charge in [0.1, 0.15) is 0 Å². The Balaban J connectivity index is 2.19. The van der Waals surface area contributed by atoms with Crippen LogP contribution in [0.1, 0.15) is 56.4 Å².